The quantitative estimate of drug-likeness (QED) is 0.271. The van der Waals surface area contributed by atoms with E-state index in [0.29, 0.717) is 11.3 Å². The average molecular weight is 401 g/mol. The topological polar surface area (TPSA) is 85.1 Å². The van der Waals surface area contributed by atoms with Gasteiger partial charge in [0.15, 0.2) is 0 Å². The van der Waals surface area contributed by atoms with Crippen LogP contribution in [-0.2, 0) is 4.79 Å². The number of anilines is 1. The summed E-state index contributed by atoms with van der Waals surface area (Å²) in [6.45, 7) is 0. The van der Waals surface area contributed by atoms with Gasteiger partial charge in [-0.3, -0.25) is 14.9 Å². The highest BCUT2D eigenvalue weighted by molar-refractivity contribution is 7.21. The first-order valence-corrected chi connectivity index (χ1v) is 9.60. The summed E-state index contributed by atoms with van der Waals surface area (Å²) >= 11 is 1.60. The highest BCUT2D eigenvalue weighted by Crippen LogP contribution is 2.31. The minimum atomic E-state index is -0.467. The van der Waals surface area contributed by atoms with E-state index in [1.807, 2.05) is 42.5 Å². The third-order valence-electron chi connectivity index (χ3n) is 4.18. The van der Waals surface area contributed by atoms with E-state index in [9.17, 15) is 14.9 Å². The van der Waals surface area contributed by atoms with Crippen LogP contribution in [0, 0.1) is 10.1 Å². The Kier molecular flexibility index (Phi) is 5.13. The van der Waals surface area contributed by atoms with Crippen LogP contribution in [0.2, 0.25) is 0 Å². The number of aromatic nitrogens is 1. The molecule has 0 aliphatic carbocycles. The number of fused-ring (bicyclic) bond motifs is 1. The number of nitrogens with zero attached hydrogens (tertiary/aromatic N) is 2. The van der Waals surface area contributed by atoms with Crippen molar-refractivity contribution in [3.63, 3.8) is 0 Å². The molecule has 1 heterocycles. The van der Waals surface area contributed by atoms with Gasteiger partial charge in [-0.1, -0.05) is 36.4 Å². The Labute approximate surface area is 170 Å². The van der Waals surface area contributed by atoms with Crippen molar-refractivity contribution in [2.75, 3.05) is 5.32 Å². The smallest absolute Gasteiger partial charge is 0.270 e. The highest BCUT2D eigenvalue weighted by atomic mass is 32.1. The fourth-order valence-corrected chi connectivity index (χ4v) is 3.79. The summed E-state index contributed by atoms with van der Waals surface area (Å²) in [4.78, 5) is 27.3. The minimum absolute atomic E-state index is 0.0175. The molecule has 142 valence electrons. The Balaban J connectivity index is 1.49. The third-order valence-corrected chi connectivity index (χ3v) is 5.26. The second kappa shape index (κ2) is 8.04. The Morgan fingerprint density at radius 3 is 2.69 bits per heavy atom. The number of non-ortho nitro benzene ring substituents is 1. The minimum Gasteiger partial charge on any atom is -0.322 e. The van der Waals surface area contributed by atoms with Crippen LogP contribution in [0.3, 0.4) is 0 Å². The number of thiazole rings is 1. The van der Waals surface area contributed by atoms with Crippen LogP contribution in [0.1, 0.15) is 5.56 Å². The molecular weight excluding hydrogens is 386 g/mol. The number of benzene rings is 3. The molecule has 0 aliphatic rings. The molecule has 6 nitrogen and oxygen atoms in total. The van der Waals surface area contributed by atoms with Gasteiger partial charge in [0.25, 0.3) is 5.69 Å². The molecule has 1 N–H and O–H groups in total. The molecule has 29 heavy (non-hydrogen) atoms. The molecule has 0 aliphatic heterocycles. The van der Waals surface area contributed by atoms with E-state index in [1.165, 1.54) is 18.2 Å². The van der Waals surface area contributed by atoms with E-state index in [2.05, 4.69) is 10.3 Å². The molecule has 4 rings (SSSR count). The zero-order valence-corrected chi connectivity index (χ0v) is 15.9. The van der Waals surface area contributed by atoms with Gasteiger partial charge in [-0.25, -0.2) is 4.98 Å². The number of rotatable bonds is 5. The Morgan fingerprint density at radius 1 is 1.03 bits per heavy atom. The van der Waals surface area contributed by atoms with E-state index in [0.717, 1.165) is 20.8 Å². The van der Waals surface area contributed by atoms with Crippen molar-refractivity contribution < 1.29 is 9.72 Å². The van der Waals surface area contributed by atoms with Crippen molar-refractivity contribution in [1.82, 2.24) is 4.98 Å². The Morgan fingerprint density at radius 2 is 1.86 bits per heavy atom. The van der Waals surface area contributed by atoms with Gasteiger partial charge in [-0.2, -0.15) is 0 Å². The first-order chi connectivity index (χ1) is 14.1. The van der Waals surface area contributed by atoms with Crippen LogP contribution >= 0.6 is 11.3 Å². The number of carbonyl (C=O) groups excluding carboxylic acids is 1. The molecule has 7 heteroatoms. The normalized spacial score (nSPS) is 11.0. The van der Waals surface area contributed by atoms with E-state index in [4.69, 9.17) is 0 Å². The van der Waals surface area contributed by atoms with Crippen LogP contribution in [-0.4, -0.2) is 15.8 Å². The summed E-state index contributed by atoms with van der Waals surface area (Å²) in [5, 5.41) is 14.5. The molecule has 0 bridgehead atoms. The molecule has 0 saturated heterocycles. The lowest BCUT2D eigenvalue weighted by molar-refractivity contribution is -0.384. The number of hydrogen-bond donors (Lipinski definition) is 1. The molecule has 0 spiro atoms. The number of para-hydroxylation sites is 1. The largest absolute Gasteiger partial charge is 0.322 e. The number of nitro groups is 1. The van der Waals surface area contributed by atoms with Gasteiger partial charge in [0.05, 0.1) is 15.1 Å². The lowest BCUT2D eigenvalue weighted by Gasteiger charge is -2.04. The molecule has 1 amide bonds. The maximum atomic E-state index is 12.2. The van der Waals surface area contributed by atoms with Crippen LogP contribution < -0.4 is 5.32 Å². The predicted octanol–water partition coefficient (Wildman–Crippen LogP) is 5.52. The first-order valence-electron chi connectivity index (χ1n) is 8.78. The van der Waals surface area contributed by atoms with E-state index >= 15 is 0 Å². The molecule has 0 fully saturated rings. The summed E-state index contributed by atoms with van der Waals surface area (Å²) in [5.41, 5.74) is 3.08. The van der Waals surface area contributed by atoms with E-state index < -0.39 is 4.92 Å². The van der Waals surface area contributed by atoms with E-state index in [1.54, 1.807) is 35.6 Å². The maximum absolute atomic E-state index is 12.2. The van der Waals surface area contributed by atoms with Gasteiger partial charge in [-0.05, 0) is 35.9 Å². The van der Waals surface area contributed by atoms with Crippen LogP contribution in [0.4, 0.5) is 11.4 Å². The zero-order chi connectivity index (χ0) is 20.2. The van der Waals surface area contributed by atoms with Crippen molar-refractivity contribution in [3.8, 4) is 10.6 Å². The molecule has 0 unspecified atom stereocenters. The molecule has 1 aromatic heterocycles. The van der Waals surface area contributed by atoms with Crippen molar-refractivity contribution in [1.29, 1.82) is 0 Å². The van der Waals surface area contributed by atoms with Gasteiger partial charge in [0.1, 0.15) is 5.01 Å². The predicted molar refractivity (Wildman–Crippen MR) is 116 cm³/mol. The molecule has 0 radical (unpaired) electrons. The average Bonchev–Trinajstić information content (AvgIpc) is 3.17. The summed E-state index contributed by atoms with van der Waals surface area (Å²) in [6, 6.07) is 21.5. The number of nitrogens with one attached hydrogen (secondary N) is 1. The molecule has 0 saturated carbocycles. The lowest BCUT2D eigenvalue weighted by atomic mass is 10.2. The second-order valence-corrected chi connectivity index (χ2v) is 7.27. The van der Waals surface area contributed by atoms with Gasteiger partial charge in [0.2, 0.25) is 5.91 Å². The lowest BCUT2D eigenvalue weighted by Crippen LogP contribution is -2.07. The van der Waals surface area contributed by atoms with Gasteiger partial charge in [-0.15, -0.1) is 11.3 Å². The van der Waals surface area contributed by atoms with E-state index in [-0.39, 0.29) is 11.6 Å². The summed E-state index contributed by atoms with van der Waals surface area (Å²) in [7, 11) is 0. The second-order valence-electron chi connectivity index (χ2n) is 6.24. The fourth-order valence-electron chi connectivity index (χ4n) is 2.82. The monoisotopic (exact) mass is 401 g/mol. The number of hydrogen-bond acceptors (Lipinski definition) is 5. The van der Waals surface area contributed by atoms with Crippen molar-refractivity contribution >= 4 is 44.9 Å². The van der Waals surface area contributed by atoms with Gasteiger partial charge >= 0.3 is 0 Å². The molecule has 3 aromatic carbocycles. The van der Waals surface area contributed by atoms with Gasteiger partial charge < -0.3 is 5.32 Å². The highest BCUT2D eigenvalue weighted by Gasteiger charge is 2.08. The third kappa shape index (κ3) is 4.36. The van der Waals surface area contributed by atoms with Crippen LogP contribution in [0.25, 0.3) is 26.9 Å². The Bertz CT molecular complexity index is 1210. The summed E-state index contributed by atoms with van der Waals surface area (Å²) in [5.74, 6) is -0.321. The number of amides is 1. The zero-order valence-electron chi connectivity index (χ0n) is 15.1. The van der Waals surface area contributed by atoms with Crippen molar-refractivity contribution in [2.24, 2.45) is 0 Å². The van der Waals surface area contributed by atoms with Crippen molar-refractivity contribution in [2.45, 2.75) is 0 Å². The summed E-state index contributed by atoms with van der Waals surface area (Å²) in [6.07, 6.45) is 2.89. The van der Waals surface area contributed by atoms with Crippen molar-refractivity contribution in [3.05, 3.63) is 94.6 Å². The SMILES string of the molecule is O=C(/C=C\c1cccc([N+](=O)[O-])c1)Nc1cccc(-c2nc3ccccc3s2)c1. The fraction of sp³-hybridized carbons (Fsp3) is 0. The summed E-state index contributed by atoms with van der Waals surface area (Å²) < 4.78 is 1.11. The number of carbonyl (C=O) groups is 1. The Hall–Kier alpha value is -3.84. The number of nitro benzene ring substituents is 1. The van der Waals surface area contributed by atoms with Crippen LogP contribution in [0.5, 0.6) is 0 Å². The first kappa shape index (κ1) is 18.5. The van der Waals surface area contributed by atoms with Crippen LogP contribution in [0.15, 0.2) is 78.9 Å². The molecule has 0 atom stereocenters. The molecule has 4 aromatic rings. The standard InChI is InChI=1S/C22H15N3O3S/c26-21(12-11-15-5-3-8-18(13-15)25(27)28)23-17-7-4-6-16(14-17)22-24-19-9-1-2-10-20(19)29-22/h1-14H,(H,23,26)/b12-11-. The molecular formula is C22H15N3O3S. The maximum Gasteiger partial charge on any atom is 0.270 e. The van der Waals surface area contributed by atoms with Gasteiger partial charge in [0, 0.05) is 29.5 Å².